The fourth-order valence-corrected chi connectivity index (χ4v) is 3.30. The van der Waals surface area contributed by atoms with E-state index in [1.54, 1.807) is 0 Å². The Bertz CT molecular complexity index is 433. The maximum absolute atomic E-state index is 13.5. The molecule has 0 radical (unpaired) electrons. The van der Waals surface area contributed by atoms with Crippen molar-refractivity contribution in [3.05, 3.63) is 0 Å². The number of hydrogen-bond donors (Lipinski definition) is 1. The van der Waals surface area contributed by atoms with Crippen molar-refractivity contribution < 1.29 is 35.2 Å². The predicted octanol–water partition coefficient (Wildman–Crippen LogP) is 2.38. The highest BCUT2D eigenvalue weighted by Crippen LogP contribution is 2.36. The third-order valence-electron chi connectivity index (χ3n) is 2.72. The Balaban J connectivity index is 5.00. The van der Waals surface area contributed by atoms with Gasteiger partial charge in [0.15, 0.2) is 0 Å². The summed E-state index contributed by atoms with van der Waals surface area (Å²) in [4.78, 5) is 10.5. The predicted molar refractivity (Wildman–Crippen MR) is 61.7 cm³/mol. The number of carbonyl (C=O) groups is 1. The Morgan fingerprint density at radius 3 is 2.00 bits per heavy atom. The summed E-state index contributed by atoms with van der Waals surface area (Å²) in [5, 5.41) is -6.08. The smallest absolute Gasteiger partial charge is 0.370 e. The van der Waals surface area contributed by atoms with E-state index < -0.39 is 58.1 Å². The van der Waals surface area contributed by atoms with Gasteiger partial charge >= 0.3 is 11.4 Å². The number of hydrogen-bond acceptors (Lipinski definition) is 3. The maximum atomic E-state index is 13.5. The van der Waals surface area contributed by atoms with Crippen LogP contribution in [0.2, 0.25) is 0 Å². The van der Waals surface area contributed by atoms with E-state index in [0.29, 0.717) is 0 Å². The molecular weight excluding hydrogens is 309 g/mol. The molecule has 0 aromatic rings. The van der Waals surface area contributed by atoms with Crippen LogP contribution in [0.3, 0.4) is 0 Å². The van der Waals surface area contributed by atoms with Gasteiger partial charge in [-0.1, -0.05) is 6.92 Å². The molecule has 0 aromatic carbocycles. The van der Waals surface area contributed by atoms with Crippen molar-refractivity contribution in [2.45, 2.75) is 55.7 Å². The van der Waals surface area contributed by atoms with Gasteiger partial charge in [0.2, 0.25) is 15.7 Å². The molecule has 0 rings (SSSR count). The van der Waals surface area contributed by atoms with Crippen LogP contribution in [0.1, 0.15) is 39.0 Å². The molecule has 120 valence electrons. The fraction of sp³-hybridized carbons (Fsp3) is 0.900. The summed E-state index contributed by atoms with van der Waals surface area (Å²) in [5.74, 6) is -0.864. The van der Waals surface area contributed by atoms with Crippen LogP contribution < -0.4 is 5.73 Å². The van der Waals surface area contributed by atoms with Crippen LogP contribution in [0.15, 0.2) is 0 Å². The topological polar surface area (TPSA) is 77.2 Å². The number of primary amides is 1. The second kappa shape index (κ2) is 6.68. The molecule has 20 heavy (non-hydrogen) atoms. The standard InChI is InChI=1S/C10H16F5NO3S/c1-2-7(3-4-8(16)17)20(18,19)10(14,15)6-5-9(11,12)13/h7H,2-6H2,1H3,(H2,16,17). The van der Waals surface area contributed by atoms with Gasteiger partial charge in [0.1, 0.15) is 0 Å². The van der Waals surface area contributed by atoms with Gasteiger partial charge < -0.3 is 5.73 Å². The largest absolute Gasteiger partial charge is 0.389 e. The molecule has 0 aliphatic rings. The number of halogens is 5. The van der Waals surface area contributed by atoms with E-state index in [0.717, 1.165) is 0 Å². The van der Waals surface area contributed by atoms with Crippen LogP contribution in [-0.4, -0.2) is 31.0 Å². The highest BCUT2D eigenvalue weighted by atomic mass is 32.2. The third kappa shape index (κ3) is 5.59. The first-order chi connectivity index (χ1) is 8.83. The van der Waals surface area contributed by atoms with Crippen LogP contribution in [0.25, 0.3) is 0 Å². The van der Waals surface area contributed by atoms with Crippen molar-refractivity contribution in [2.75, 3.05) is 0 Å². The first-order valence-electron chi connectivity index (χ1n) is 5.80. The molecule has 0 saturated heterocycles. The van der Waals surface area contributed by atoms with E-state index in [1.165, 1.54) is 6.92 Å². The second-order valence-corrected chi connectivity index (χ2v) is 6.69. The molecule has 0 saturated carbocycles. The molecule has 0 aromatic heterocycles. The lowest BCUT2D eigenvalue weighted by Gasteiger charge is -2.23. The zero-order valence-electron chi connectivity index (χ0n) is 10.7. The number of rotatable bonds is 8. The van der Waals surface area contributed by atoms with E-state index in [2.05, 4.69) is 0 Å². The van der Waals surface area contributed by atoms with E-state index in [4.69, 9.17) is 5.73 Å². The molecule has 1 unspecified atom stereocenters. The molecule has 4 nitrogen and oxygen atoms in total. The van der Waals surface area contributed by atoms with E-state index in [-0.39, 0.29) is 6.42 Å². The van der Waals surface area contributed by atoms with Gasteiger partial charge in [-0.2, -0.15) is 22.0 Å². The molecule has 0 aliphatic heterocycles. The maximum Gasteiger partial charge on any atom is 0.389 e. The van der Waals surface area contributed by atoms with Crippen molar-refractivity contribution in [1.29, 1.82) is 0 Å². The Labute approximate surface area is 113 Å². The average molecular weight is 325 g/mol. The van der Waals surface area contributed by atoms with Gasteiger partial charge in [0.25, 0.3) is 0 Å². The normalized spacial score (nSPS) is 15.1. The number of amides is 1. The molecule has 10 heteroatoms. The minimum absolute atomic E-state index is 0.239. The van der Waals surface area contributed by atoms with Crippen LogP contribution in [0.4, 0.5) is 22.0 Å². The van der Waals surface area contributed by atoms with Gasteiger partial charge in [-0.25, -0.2) is 8.42 Å². The minimum Gasteiger partial charge on any atom is -0.370 e. The average Bonchev–Trinajstić information content (AvgIpc) is 2.25. The molecule has 1 atom stereocenters. The number of alkyl halides is 5. The van der Waals surface area contributed by atoms with Gasteiger partial charge in [-0.05, 0) is 12.8 Å². The van der Waals surface area contributed by atoms with Gasteiger partial charge in [-0.15, -0.1) is 0 Å². The van der Waals surface area contributed by atoms with Crippen molar-refractivity contribution >= 4 is 15.7 Å². The molecule has 2 N–H and O–H groups in total. The Morgan fingerprint density at radius 1 is 1.15 bits per heavy atom. The SMILES string of the molecule is CCC(CCC(N)=O)S(=O)(=O)C(F)(F)CCC(F)(F)F. The number of nitrogens with two attached hydrogens (primary N) is 1. The molecule has 0 spiro atoms. The summed E-state index contributed by atoms with van der Waals surface area (Å²) in [6, 6.07) is 0. The zero-order chi connectivity index (χ0) is 16.2. The summed E-state index contributed by atoms with van der Waals surface area (Å²) in [5.41, 5.74) is 4.79. The molecular formula is C10H16F5NO3S. The molecule has 0 bridgehead atoms. The Kier molecular flexibility index (Phi) is 6.37. The summed E-state index contributed by atoms with van der Waals surface area (Å²) < 4.78 is 86.0. The lowest BCUT2D eigenvalue weighted by Crippen LogP contribution is -2.38. The zero-order valence-corrected chi connectivity index (χ0v) is 11.5. The first kappa shape index (κ1) is 19.1. The van der Waals surface area contributed by atoms with Gasteiger partial charge in [0, 0.05) is 12.8 Å². The van der Waals surface area contributed by atoms with E-state index in [9.17, 15) is 35.2 Å². The van der Waals surface area contributed by atoms with Crippen molar-refractivity contribution in [3.8, 4) is 0 Å². The molecule has 0 aliphatic carbocycles. The number of carbonyl (C=O) groups excluding carboxylic acids is 1. The Hall–Kier alpha value is -0.930. The monoisotopic (exact) mass is 325 g/mol. The first-order valence-corrected chi connectivity index (χ1v) is 7.34. The lowest BCUT2D eigenvalue weighted by molar-refractivity contribution is -0.143. The lowest BCUT2D eigenvalue weighted by atomic mass is 10.2. The van der Waals surface area contributed by atoms with Crippen molar-refractivity contribution in [3.63, 3.8) is 0 Å². The summed E-state index contributed by atoms with van der Waals surface area (Å²) >= 11 is 0. The summed E-state index contributed by atoms with van der Waals surface area (Å²) in [7, 11) is -5.11. The van der Waals surface area contributed by atoms with Gasteiger partial charge in [0.05, 0.1) is 11.7 Å². The quantitative estimate of drug-likeness (QED) is 0.696. The van der Waals surface area contributed by atoms with Crippen molar-refractivity contribution in [1.82, 2.24) is 0 Å². The summed E-state index contributed by atoms with van der Waals surface area (Å²) in [6.07, 6.45) is -9.69. The fourth-order valence-electron chi connectivity index (χ4n) is 1.56. The molecule has 0 heterocycles. The van der Waals surface area contributed by atoms with E-state index in [1.807, 2.05) is 0 Å². The molecule has 1 amide bonds. The van der Waals surface area contributed by atoms with Crippen LogP contribution in [0, 0.1) is 0 Å². The second-order valence-electron chi connectivity index (χ2n) is 4.33. The Morgan fingerprint density at radius 2 is 1.65 bits per heavy atom. The highest BCUT2D eigenvalue weighted by Gasteiger charge is 2.50. The summed E-state index contributed by atoms with van der Waals surface area (Å²) in [6.45, 7) is 1.29. The highest BCUT2D eigenvalue weighted by molar-refractivity contribution is 7.93. The van der Waals surface area contributed by atoms with Crippen molar-refractivity contribution in [2.24, 2.45) is 5.73 Å². The van der Waals surface area contributed by atoms with Gasteiger partial charge in [-0.3, -0.25) is 4.79 Å². The number of sulfone groups is 1. The van der Waals surface area contributed by atoms with E-state index >= 15 is 0 Å². The van der Waals surface area contributed by atoms with Crippen LogP contribution >= 0.6 is 0 Å². The third-order valence-corrected chi connectivity index (χ3v) is 5.21. The minimum atomic E-state index is -5.11. The van der Waals surface area contributed by atoms with Crippen LogP contribution in [0.5, 0.6) is 0 Å². The molecule has 0 fully saturated rings. The van der Waals surface area contributed by atoms with Crippen LogP contribution in [-0.2, 0) is 14.6 Å².